The number of nitrogens with zero attached hydrogens (tertiary/aromatic N) is 3. The van der Waals surface area contributed by atoms with Crippen molar-refractivity contribution in [1.82, 2.24) is 15.0 Å². The molecule has 2 aromatic heterocycles. The third kappa shape index (κ3) is 5.07. The Morgan fingerprint density at radius 1 is 0.818 bits per heavy atom. The first-order valence-corrected chi connectivity index (χ1v) is 11.2. The van der Waals surface area contributed by atoms with E-state index in [0.717, 1.165) is 12.1 Å². The number of benzene rings is 2. The van der Waals surface area contributed by atoms with Gasteiger partial charge in [-0.05, 0) is 60.5 Å². The quantitative estimate of drug-likeness (QED) is 0.460. The highest BCUT2D eigenvalue weighted by molar-refractivity contribution is 7.89. The minimum absolute atomic E-state index is 0.0627. The molecule has 0 atom stereocenters. The predicted octanol–water partition coefficient (Wildman–Crippen LogP) is 4.85. The van der Waals surface area contributed by atoms with Crippen molar-refractivity contribution in [3.8, 4) is 33.9 Å². The molecule has 4 aromatic rings. The first kappa shape index (κ1) is 22.6. The van der Waals surface area contributed by atoms with E-state index >= 15 is 0 Å². The van der Waals surface area contributed by atoms with Gasteiger partial charge in [-0.25, -0.2) is 23.5 Å². The molecule has 4 rings (SSSR count). The van der Waals surface area contributed by atoms with Crippen LogP contribution in [-0.4, -0.2) is 23.4 Å². The molecule has 0 aliphatic heterocycles. The Morgan fingerprint density at radius 3 is 2.21 bits per heavy atom. The van der Waals surface area contributed by atoms with Gasteiger partial charge in [0.1, 0.15) is 0 Å². The third-order valence-electron chi connectivity index (χ3n) is 4.84. The van der Waals surface area contributed by atoms with Crippen molar-refractivity contribution in [1.29, 1.82) is 0 Å². The fourth-order valence-corrected chi connectivity index (χ4v) is 3.83. The molecule has 33 heavy (non-hydrogen) atoms. The highest BCUT2D eigenvalue weighted by Gasteiger charge is 2.30. The fourth-order valence-electron chi connectivity index (χ4n) is 3.27. The summed E-state index contributed by atoms with van der Waals surface area (Å²) in [6.45, 7) is 1.77. The Morgan fingerprint density at radius 2 is 1.55 bits per heavy atom. The predicted molar refractivity (Wildman–Crippen MR) is 117 cm³/mol. The van der Waals surface area contributed by atoms with E-state index < -0.39 is 21.8 Å². The normalized spacial score (nSPS) is 12.0. The molecule has 0 saturated heterocycles. The number of primary sulfonamides is 1. The van der Waals surface area contributed by atoms with Crippen molar-refractivity contribution in [3.05, 3.63) is 84.2 Å². The summed E-state index contributed by atoms with van der Waals surface area (Å²) in [7, 11) is -3.89. The second-order valence-corrected chi connectivity index (χ2v) is 8.86. The van der Waals surface area contributed by atoms with Crippen molar-refractivity contribution in [2.45, 2.75) is 18.0 Å². The summed E-state index contributed by atoms with van der Waals surface area (Å²) < 4.78 is 61.9. The Labute approximate surface area is 188 Å². The molecule has 0 radical (unpaired) electrons. The van der Waals surface area contributed by atoms with Crippen molar-refractivity contribution in [2.75, 3.05) is 0 Å². The molecule has 2 heterocycles. The first-order valence-electron chi connectivity index (χ1n) is 9.64. The smallest absolute Gasteiger partial charge is 0.251 e. The van der Waals surface area contributed by atoms with Crippen molar-refractivity contribution < 1.29 is 21.6 Å². The molecule has 6 nitrogen and oxygen atoms in total. The van der Waals surface area contributed by atoms with E-state index in [1.807, 2.05) is 0 Å². The van der Waals surface area contributed by atoms with Gasteiger partial charge in [0, 0.05) is 17.5 Å². The molecule has 0 fully saturated rings. The molecule has 0 unspecified atom stereocenters. The van der Waals surface area contributed by atoms with E-state index in [2.05, 4.69) is 15.0 Å². The monoisotopic (exact) mass is 470 g/mol. The van der Waals surface area contributed by atoms with Crippen LogP contribution in [0.25, 0.3) is 33.9 Å². The van der Waals surface area contributed by atoms with Crippen LogP contribution in [0.4, 0.5) is 13.2 Å². The second-order valence-electron chi connectivity index (χ2n) is 7.30. The van der Waals surface area contributed by atoms with Crippen LogP contribution in [0.15, 0.2) is 77.8 Å². The summed E-state index contributed by atoms with van der Waals surface area (Å²) in [6, 6.07) is 16.0. The van der Waals surface area contributed by atoms with Gasteiger partial charge in [-0.15, -0.1) is 0 Å². The first-order chi connectivity index (χ1) is 15.5. The average Bonchev–Trinajstić information content (AvgIpc) is 2.78. The maximum absolute atomic E-state index is 12.9. The van der Waals surface area contributed by atoms with Gasteiger partial charge < -0.3 is 0 Å². The number of nitrogens with two attached hydrogens (primary N) is 1. The summed E-state index contributed by atoms with van der Waals surface area (Å²) in [4.78, 5) is 13.1. The lowest BCUT2D eigenvalue weighted by atomic mass is 10.0. The number of aryl methyl sites for hydroxylation is 1. The molecule has 0 amide bonds. The number of sulfonamides is 1. The zero-order valence-electron chi connectivity index (χ0n) is 17.2. The topological polar surface area (TPSA) is 98.8 Å². The summed E-state index contributed by atoms with van der Waals surface area (Å²) >= 11 is 0. The molecule has 0 bridgehead atoms. The summed E-state index contributed by atoms with van der Waals surface area (Å²) in [5, 5.41) is 5.21. The van der Waals surface area contributed by atoms with E-state index in [4.69, 9.17) is 5.14 Å². The minimum Gasteiger partial charge on any atom is -0.251 e. The number of alkyl halides is 3. The number of hydrogen-bond acceptors (Lipinski definition) is 5. The Bertz CT molecular complexity index is 1440. The summed E-state index contributed by atoms with van der Waals surface area (Å²) in [5.41, 5.74) is 2.64. The zero-order valence-corrected chi connectivity index (χ0v) is 18.0. The SMILES string of the molecule is Cc1cc(-c2ccc(C(F)(F)F)cc2)cc(-c2ccnc(-c3cccc(S(N)(=O)=O)c3)n2)n1. The molecule has 0 saturated carbocycles. The Kier molecular flexibility index (Phi) is 5.73. The van der Waals surface area contributed by atoms with Crippen molar-refractivity contribution in [2.24, 2.45) is 5.14 Å². The van der Waals surface area contributed by atoms with Crippen LogP contribution in [0.3, 0.4) is 0 Å². The molecule has 0 spiro atoms. The minimum atomic E-state index is -4.41. The zero-order chi connectivity index (χ0) is 23.8. The second kappa shape index (κ2) is 8.38. The largest absolute Gasteiger partial charge is 0.416 e. The molecule has 2 N–H and O–H groups in total. The third-order valence-corrected chi connectivity index (χ3v) is 5.75. The van der Waals surface area contributed by atoms with Crippen LogP contribution in [0.2, 0.25) is 0 Å². The van der Waals surface area contributed by atoms with Crippen molar-refractivity contribution >= 4 is 10.0 Å². The number of rotatable bonds is 4. The molecule has 0 aliphatic carbocycles. The van der Waals surface area contributed by atoms with Crippen LogP contribution in [0.5, 0.6) is 0 Å². The maximum Gasteiger partial charge on any atom is 0.416 e. The van der Waals surface area contributed by atoms with E-state index in [1.165, 1.54) is 30.5 Å². The van der Waals surface area contributed by atoms with Gasteiger partial charge in [0.05, 0.1) is 21.8 Å². The van der Waals surface area contributed by atoms with Gasteiger partial charge in [0.15, 0.2) is 5.82 Å². The molecule has 2 aromatic carbocycles. The van der Waals surface area contributed by atoms with Crippen LogP contribution < -0.4 is 5.14 Å². The number of pyridine rings is 1. The van der Waals surface area contributed by atoms with Crippen LogP contribution in [0.1, 0.15) is 11.3 Å². The highest BCUT2D eigenvalue weighted by Crippen LogP contribution is 2.32. The average molecular weight is 470 g/mol. The van der Waals surface area contributed by atoms with E-state index in [9.17, 15) is 21.6 Å². The van der Waals surface area contributed by atoms with E-state index in [-0.39, 0.29) is 10.7 Å². The molecule has 0 aliphatic rings. The van der Waals surface area contributed by atoms with Gasteiger partial charge in [0.2, 0.25) is 10.0 Å². The van der Waals surface area contributed by atoms with E-state index in [1.54, 1.807) is 37.3 Å². The van der Waals surface area contributed by atoms with Crippen molar-refractivity contribution in [3.63, 3.8) is 0 Å². The molecule has 10 heteroatoms. The number of hydrogen-bond donors (Lipinski definition) is 1. The van der Waals surface area contributed by atoms with Gasteiger partial charge in [0.25, 0.3) is 0 Å². The number of halogens is 3. The standard InChI is InChI=1S/C23H17F3N4O2S/c1-14-11-17(15-5-7-18(8-6-15)23(24,25)26)13-21(29-14)20-9-10-28-22(30-20)16-3-2-4-19(12-16)33(27,31)32/h2-13H,1H3,(H2,27,31,32). The van der Waals surface area contributed by atoms with Gasteiger partial charge >= 0.3 is 6.18 Å². The molecular weight excluding hydrogens is 453 g/mol. The van der Waals surface area contributed by atoms with Gasteiger partial charge in [-0.3, -0.25) is 4.98 Å². The fraction of sp³-hybridized carbons (Fsp3) is 0.0870. The van der Waals surface area contributed by atoms with Crippen LogP contribution in [-0.2, 0) is 16.2 Å². The van der Waals surface area contributed by atoms with E-state index in [0.29, 0.717) is 33.8 Å². The van der Waals surface area contributed by atoms with Crippen LogP contribution >= 0.6 is 0 Å². The highest BCUT2D eigenvalue weighted by atomic mass is 32.2. The Balaban J connectivity index is 1.73. The molecular formula is C23H17F3N4O2S. The summed E-state index contributed by atoms with van der Waals surface area (Å²) in [6.07, 6.45) is -2.89. The summed E-state index contributed by atoms with van der Waals surface area (Å²) in [5.74, 6) is 0.275. The lowest BCUT2D eigenvalue weighted by molar-refractivity contribution is -0.137. The Hall–Kier alpha value is -3.63. The number of aromatic nitrogens is 3. The van der Waals surface area contributed by atoms with Crippen LogP contribution in [0, 0.1) is 6.92 Å². The lowest BCUT2D eigenvalue weighted by Crippen LogP contribution is -2.12. The lowest BCUT2D eigenvalue weighted by Gasteiger charge is -2.10. The van der Waals surface area contributed by atoms with Gasteiger partial charge in [-0.1, -0.05) is 24.3 Å². The van der Waals surface area contributed by atoms with Gasteiger partial charge in [-0.2, -0.15) is 13.2 Å². The maximum atomic E-state index is 12.9. The molecule has 168 valence electrons.